The van der Waals surface area contributed by atoms with Gasteiger partial charge in [-0.1, -0.05) is 0 Å². The molecule has 3 nitrogen and oxygen atoms in total. The molecular weight excluding hydrogens is 232 g/mol. The fourth-order valence-corrected chi connectivity index (χ4v) is 3.67. The number of aromatic nitrogens is 2. The standard InChI is InChI=1S/C13H16N2OS/c1-15-8-9(7-14-15)13(16)11-3-2-4-12-10(11)5-6-17-12/h5-8,11,13,16H,2-4H2,1H3. The summed E-state index contributed by atoms with van der Waals surface area (Å²) in [6.07, 6.45) is 6.67. The Morgan fingerprint density at radius 2 is 2.47 bits per heavy atom. The van der Waals surface area contributed by atoms with Crippen LogP contribution in [0.3, 0.4) is 0 Å². The van der Waals surface area contributed by atoms with Crippen LogP contribution in [0.15, 0.2) is 23.8 Å². The van der Waals surface area contributed by atoms with Crippen LogP contribution in [0.4, 0.5) is 0 Å². The van der Waals surface area contributed by atoms with Gasteiger partial charge >= 0.3 is 0 Å². The maximum absolute atomic E-state index is 10.5. The molecule has 1 aliphatic carbocycles. The van der Waals surface area contributed by atoms with Crippen LogP contribution in [0.5, 0.6) is 0 Å². The Morgan fingerprint density at radius 1 is 1.59 bits per heavy atom. The van der Waals surface area contributed by atoms with Crippen molar-refractivity contribution < 1.29 is 5.11 Å². The zero-order valence-corrected chi connectivity index (χ0v) is 10.7. The van der Waals surface area contributed by atoms with Crippen molar-refractivity contribution in [2.45, 2.75) is 31.3 Å². The van der Waals surface area contributed by atoms with Crippen molar-refractivity contribution in [1.82, 2.24) is 9.78 Å². The number of hydrogen-bond donors (Lipinski definition) is 1. The summed E-state index contributed by atoms with van der Waals surface area (Å²) in [7, 11) is 1.88. The highest BCUT2D eigenvalue weighted by molar-refractivity contribution is 7.10. The number of rotatable bonds is 2. The van der Waals surface area contributed by atoms with Gasteiger partial charge in [-0.15, -0.1) is 11.3 Å². The molecule has 0 saturated carbocycles. The van der Waals surface area contributed by atoms with Crippen molar-refractivity contribution in [2.75, 3.05) is 0 Å². The van der Waals surface area contributed by atoms with E-state index in [1.54, 1.807) is 10.9 Å². The molecule has 90 valence electrons. The summed E-state index contributed by atoms with van der Waals surface area (Å²) < 4.78 is 1.75. The smallest absolute Gasteiger partial charge is 0.0889 e. The third-order valence-corrected chi connectivity index (χ3v) is 4.54. The first kappa shape index (κ1) is 11.0. The van der Waals surface area contributed by atoms with E-state index in [9.17, 15) is 5.11 Å². The highest BCUT2D eigenvalue weighted by atomic mass is 32.1. The van der Waals surface area contributed by atoms with Crippen LogP contribution in [0.2, 0.25) is 0 Å². The minimum Gasteiger partial charge on any atom is -0.388 e. The van der Waals surface area contributed by atoms with Crippen LogP contribution in [-0.2, 0) is 13.5 Å². The molecule has 0 fully saturated rings. The number of aryl methyl sites for hydroxylation is 2. The van der Waals surface area contributed by atoms with Crippen molar-refractivity contribution in [3.8, 4) is 0 Å². The largest absolute Gasteiger partial charge is 0.388 e. The minimum absolute atomic E-state index is 0.245. The summed E-state index contributed by atoms with van der Waals surface area (Å²) in [4.78, 5) is 1.45. The first-order chi connectivity index (χ1) is 8.25. The van der Waals surface area contributed by atoms with Crippen molar-refractivity contribution >= 4 is 11.3 Å². The Balaban J connectivity index is 1.91. The molecule has 2 aromatic rings. The maximum atomic E-state index is 10.5. The van der Waals surface area contributed by atoms with Crippen LogP contribution in [-0.4, -0.2) is 14.9 Å². The SMILES string of the molecule is Cn1cc(C(O)C2CCCc3sccc32)cn1. The van der Waals surface area contributed by atoms with E-state index < -0.39 is 6.10 Å². The van der Waals surface area contributed by atoms with Gasteiger partial charge in [0.15, 0.2) is 0 Å². The Kier molecular flexibility index (Phi) is 2.76. The Bertz CT molecular complexity index is 517. The van der Waals surface area contributed by atoms with Gasteiger partial charge in [-0.2, -0.15) is 5.10 Å². The number of hydrogen-bond acceptors (Lipinski definition) is 3. The Hall–Kier alpha value is -1.13. The summed E-state index contributed by atoms with van der Waals surface area (Å²) in [6, 6.07) is 2.17. The second-order valence-corrected chi connectivity index (χ2v) is 5.69. The lowest BCUT2D eigenvalue weighted by Crippen LogP contribution is -2.15. The minimum atomic E-state index is -0.419. The predicted molar refractivity (Wildman–Crippen MR) is 68.2 cm³/mol. The molecule has 0 aromatic carbocycles. The summed E-state index contributed by atoms with van der Waals surface area (Å²) in [5, 5.41) is 16.7. The first-order valence-electron chi connectivity index (χ1n) is 5.98. The normalized spacial score (nSPS) is 21.2. The van der Waals surface area contributed by atoms with Crippen molar-refractivity contribution in [3.05, 3.63) is 39.8 Å². The molecule has 4 heteroatoms. The van der Waals surface area contributed by atoms with Gasteiger partial charge < -0.3 is 5.11 Å². The van der Waals surface area contributed by atoms with E-state index in [1.165, 1.54) is 23.3 Å². The average Bonchev–Trinajstić information content (AvgIpc) is 2.95. The monoisotopic (exact) mass is 248 g/mol. The van der Waals surface area contributed by atoms with E-state index in [0.29, 0.717) is 0 Å². The summed E-state index contributed by atoms with van der Waals surface area (Å²) in [6.45, 7) is 0. The molecule has 1 N–H and O–H groups in total. The fraction of sp³-hybridized carbons (Fsp3) is 0.462. The topological polar surface area (TPSA) is 38.0 Å². The number of aliphatic hydroxyl groups is 1. The zero-order chi connectivity index (χ0) is 11.8. The number of fused-ring (bicyclic) bond motifs is 1. The highest BCUT2D eigenvalue weighted by Gasteiger charge is 2.28. The molecular formula is C13H16N2OS. The predicted octanol–water partition coefficient (Wildman–Crippen LogP) is 2.64. The number of thiophene rings is 1. The number of nitrogens with zero attached hydrogens (tertiary/aromatic N) is 2. The lowest BCUT2D eigenvalue weighted by atomic mass is 9.82. The van der Waals surface area contributed by atoms with E-state index in [4.69, 9.17) is 0 Å². The van der Waals surface area contributed by atoms with Gasteiger partial charge in [0.05, 0.1) is 12.3 Å². The first-order valence-corrected chi connectivity index (χ1v) is 6.86. The lowest BCUT2D eigenvalue weighted by Gasteiger charge is -2.26. The second-order valence-electron chi connectivity index (χ2n) is 4.69. The molecule has 0 spiro atoms. The third kappa shape index (κ3) is 1.91. The van der Waals surface area contributed by atoms with Gasteiger partial charge in [0.2, 0.25) is 0 Å². The average molecular weight is 248 g/mol. The van der Waals surface area contributed by atoms with Gasteiger partial charge in [0.1, 0.15) is 0 Å². The third-order valence-electron chi connectivity index (χ3n) is 3.55. The molecule has 1 aliphatic rings. The molecule has 2 heterocycles. The number of aliphatic hydroxyl groups excluding tert-OH is 1. The van der Waals surface area contributed by atoms with Gasteiger partial charge in [-0.25, -0.2) is 0 Å². The quantitative estimate of drug-likeness (QED) is 0.887. The van der Waals surface area contributed by atoms with E-state index in [2.05, 4.69) is 16.5 Å². The van der Waals surface area contributed by atoms with E-state index in [0.717, 1.165) is 12.0 Å². The molecule has 2 atom stereocenters. The summed E-state index contributed by atoms with van der Waals surface area (Å²) in [5.74, 6) is 0.245. The van der Waals surface area contributed by atoms with Gasteiger partial charge in [0, 0.05) is 29.6 Å². The molecule has 2 aromatic heterocycles. The zero-order valence-electron chi connectivity index (χ0n) is 9.84. The Labute approximate surface area is 105 Å². The van der Waals surface area contributed by atoms with Crippen LogP contribution in [0.1, 0.15) is 40.9 Å². The molecule has 0 bridgehead atoms. The van der Waals surface area contributed by atoms with E-state index in [1.807, 2.05) is 24.6 Å². The lowest BCUT2D eigenvalue weighted by molar-refractivity contribution is 0.136. The molecule has 0 radical (unpaired) electrons. The molecule has 2 unspecified atom stereocenters. The Morgan fingerprint density at radius 3 is 3.24 bits per heavy atom. The van der Waals surface area contributed by atoms with Crippen LogP contribution in [0, 0.1) is 0 Å². The van der Waals surface area contributed by atoms with Crippen molar-refractivity contribution in [3.63, 3.8) is 0 Å². The van der Waals surface area contributed by atoms with Crippen LogP contribution in [0.25, 0.3) is 0 Å². The molecule has 0 saturated heterocycles. The second kappa shape index (κ2) is 4.27. The molecule has 17 heavy (non-hydrogen) atoms. The summed E-state index contributed by atoms with van der Waals surface area (Å²) in [5.41, 5.74) is 2.27. The van der Waals surface area contributed by atoms with Crippen molar-refractivity contribution in [2.24, 2.45) is 7.05 Å². The molecule has 0 aliphatic heterocycles. The molecule has 0 amide bonds. The molecule has 3 rings (SSSR count). The maximum Gasteiger partial charge on any atom is 0.0889 e. The van der Waals surface area contributed by atoms with Crippen LogP contribution < -0.4 is 0 Å². The fourth-order valence-electron chi connectivity index (χ4n) is 2.68. The van der Waals surface area contributed by atoms with Crippen LogP contribution >= 0.6 is 11.3 Å². The van der Waals surface area contributed by atoms with Gasteiger partial charge in [-0.05, 0) is 36.3 Å². The highest BCUT2D eigenvalue weighted by Crippen LogP contribution is 2.42. The van der Waals surface area contributed by atoms with Gasteiger partial charge in [-0.3, -0.25) is 4.68 Å². The van der Waals surface area contributed by atoms with Crippen molar-refractivity contribution in [1.29, 1.82) is 0 Å². The van der Waals surface area contributed by atoms with Gasteiger partial charge in [0.25, 0.3) is 0 Å². The van der Waals surface area contributed by atoms with E-state index in [-0.39, 0.29) is 5.92 Å². The van der Waals surface area contributed by atoms with E-state index >= 15 is 0 Å². The summed E-state index contributed by atoms with van der Waals surface area (Å²) >= 11 is 1.81.